The van der Waals surface area contributed by atoms with Crippen molar-refractivity contribution in [3.63, 3.8) is 0 Å². The first kappa shape index (κ1) is 19.8. The summed E-state index contributed by atoms with van der Waals surface area (Å²) in [5, 5.41) is 18.5. The van der Waals surface area contributed by atoms with Gasteiger partial charge in [-0.2, -0.15) is 5.26 Å². The average molecular weight is 348 g/mol. The van der Waals surface area contributed by atoms with E-state index in [0.29, 0.717) is 0 Å². The number of primary amides is 1. The van der Waals surface area contributed by atoms with E-state index >= 15 is 0 Å². The summed E-state index contributed by atoms with van der Waals surface area (Å²) in [6, 6.07) is 4.25. The third-order valence-electron chi connectivity index (χ3n) is 3.00. The van der Waals surface area contributed by atoms with Gasteiger partial charge in [0.2, 0.25) is 5.91 Å². The second kappa shape index (κ2) is 7.53. The Morgan fingerprint density at radius 1 is 1.36 bits per heavy atom. The van der Waals surface area contributed by atoms with Crippen LogP contribution in [0.4, 0.5) is 16.2 Å². The van der Waals surface area contributed by atoms with Gasteiger partial charge in [0.25, 0.3) is 0 Å². The Bertz CT molecular complexity index is 733. The summed E-state index contributed by atoms with van der Waals surface area (Å²) >= 11 is 0. The molecule has 0 aliphatic carbocycles. The third-order valence-corrected chi connectivity index (χ3v) is 3.00. The van der Waals surface area contributed by atoms with Crippen LogP contribution in [0.15, 0.2) is 18.2 Å². The number of nitrogens with zero attached hydrogens (tertiary/aromatic N) is 2. The highest BCUT2D eigenvalue weighted by atomic mass is 16.6. The Hall–Kier alpha value is -3.28. The summed E-state index contributed by atoms with van der Waals surface area (Å²) in [7, 11) is 0. The van der Waals surface area contributed by atoms with Crippen LogP contribution in [0.3, 0.4) is 0 Å². The topological polar surface area (TPSA) is 160 Å². The molecule has 1 atom stereocenters. The Balaban J connectivity index is 3.51. The summed E-state index contributed by atoms with van der Waals surface area (Å²) < 4.78 is 5.23. The quantitative estimate of drug-likeness (QED) is 0.674. The Morgan fingerprint density at radius 2 is 1.96 bits per heavy atom. The standard InChI is InChI=1S/C16H20N4O5/c1-16(2,3)25-15(24)20(12(14(22)23)7-13(19)21)11-6-9(8-17)4-5-10(11)18/h4-6,12H,7,18H2,1-3H3,(H2,19,21)(H,22,23)/t12-/m0/s1. The number of carboxylic acids is 1. The SMILES string of the molecule is CC(C)(C)OC(=O)N(c1cc(C#N)ccc1N)[C@@H](CC(N)=O)C(=O)O. The highest BCUT2D eigenvalue weighted by molar-refractivity contribution is 6.00. The first-order chi connectivity index (χ1) is 11.5. The number of hydrogen-bond acceptors (Lipinski definition) is 6. The predicted octanol–water partition coefficient (Wildman–Crippen LogP) is 1.21. The van der Waals surface area contributed by atoms with Crippen molar-refractivity contribution in [1.29, 1.82) is 5.26 Å². The van der Waals surface area contributed by atoms with Gasteiger partial charge in [0.1, 0.15) is 11.6 Å². The summed E-state index contributed by atoms with van der Waals surface area (Å²) in [6.07, 6.45) is -1.67. The molecule has 0 spiro atoms. The third kappa shape index (κ3) is 5.39. The van der Waals surface area contributed by atoms with Crippen molar-refractivity contribution in [3.8, 4) is 6.07 Å². The molecule has 0 aliphatic heterocycles. The molecular formula is C16H20N4O5. The molecule has 0 heterocycles. The molecule has 0 fully saturated rings. The summed E-state index contributed by atoms with van der Waals surface area (Å²) in [6.45, 7) is 4.80. The fourth-order valence-electron chi connectivity index (χ4n) is 2.01. The number of carboxylic acid groups (broad SMARTS) is 1. The van der Waals surface area contributed by atoms with E-state index in [0.717, 1.165) is 4.90 Å². The predicted molar refractivity (Wildman–Crippen MR) is 89.5 cm³/mol. The summed E-state index contributed by atoms with van der Waals surface area (Å²) in [4.78, 5) is 36.2. The maximum atomic E-state index is 12.6. The molecule has 0 unspecified atom stereocenters. The number of ether oxygens (including phenoxy) is 1. The first-order valence-corrected chi connectivity index (χ1v) is 7.29. The van der Waals surface area contributed by atoms with Crippen molar-refractivity contribution in [2.75, 3.05) is 10.6 Å². The van der Waals surface area contributed by atoms with Crippen LogP contribution < -0.4 is 16.4 Å². The van der Waals surface area contributed by atoms with Crippen molar-refractivity contribution in [2.24, 2.45) is 5.73 Å². The lowest BCUT2D eigenvalue weighted by molar-refractivity contribution is -0.140. The minimum atomic E-state index is -1.64. The number of amides is 2. The normalized spacial score (nSPS) is 11.9. The lowest BCUT2D eigenvalue weighted by Crippen LogP contribution is -2.49. The smallest absolute Gasteiger partial charge is 0.415 e. The van der Waals surface area contributed by atoms with Crippen LogP contribution in [0.25, 0.3) is 0 Å². The van der Waals surface area contributed by atoms with Gasteiger partial charge in [0, 0.05) is 0 Å². The zero-order chi connectivity index (χ0) is 19.4. The highest BCUT2D eigenvalue weighted by Gasteiger charge is 2.36. The van der Waals surface area contributed by atoms with Gasteiger partial charge < -0.3 is 21.3 Å². The largest absolute Gasteiger partial charge is 0.480 e. The van der Waals surface area contributed by atoms with Crippen LogP contribution in [-0.4, -0.2) is 34.7 Å². The maximum Gasteiger partial charge on any atom is 0.415 e. The zero-order valence-electron chi connectivity index (χ0n) is 14.1. The van der Waals surface area contributed by atoms with Gasteiger partial charge in [-0.05, 0) is 39.0 Å². The Morgan fingerprint density at radius 3 is 2.40 bits per heavy atom. The van der Waals surface area contributed by atoms with Crippen molar-refractivity contribution < 1.29 is 24.2 Å². The molecule has 0 bridgehead atoms. The number of nitrogens with two attached hydrogens (primary N) is 2. The van der Waals surface area contributed by atoms with Gasteiger partial charge in [-0.15, -0.1) is 0 Å². The number of anilines is 2. The van der Waals surface area contributed by atoms with E-state index in [4.69, 9.17) is 21.5 Å². The van der Waals surface area contributed by atoms with E-state index in [2.05, 4.69) is 0 Å². The lowest BCUT2D eigenvalue weighted by Gasteiger charge is -2.31. The fraction of sp³-hybridized carbons (Fsp3) is 0.375. The molecular weight excluding hydrogens is 328 g/mol. The van der Waals surface area contributed by atoms with Gasteiger partial charge in [-0.1, -0.05) is 0 Å². The van der Waals surface area contributed by atoms with E-state index in [1.54, 1.807) is 20.8 Å². The van der Waals surface area contributed by atoms with Crippen LogP contribution >= 0.6 is 0 Å². The van der Waals surface area contributed by atoms with Crippen molar-refractivity contribution in [2.45, 2.75) is 38.8 Å². The molecule has 1 aromatic carbocycles. The Labute approximate surface area is 144 Å². The molecule has 5 N–H and O–H groups in total. The highest BCUT2D eigenvalue weighted by Crippen LogP contribution is 2.29. The van der Waals surface area contributed by atoms with Crippen LogP contribution in [-0.2, 0) is 14.3 Å². The molecule has 2 amide bonds. The van der Waals surface area contributed by atoms with Crippen molar-refractivity contribution >= 4 is 29.3 Å². The number of nitrogen functional groups attached to an aromatic ring is 1. The number of hydrogen-bond donors (Lipinski definition) is 3. The molecule has 1 aromatic rings. The number of carbonyl (C=O) groups excluding carboxylic acids is 2. The first-order valence-electron chi connectivity index (χ1n) is 7.29. The number of carbonyl (C=O) groups is 3. The van der Waals surface area contributed by atoms with E-state index < -0.39 is 36.0 Å². The van der Waals surface area contributed by atoms with Crippen LogP contribution in [0.1, 0.15) is 32.8 Å². The number of benzene rings is 1. The van der Waals surface area contributed by atoms with Gasteiger partial charge in [-0.25, -0.2) is 9.59 Å². The molecule has 1 rings (SSSR count). The van der Waals surface area contributed by atoms with Gasteiger partial charge in [-0.3, -0.25) is 9.69 Å². The molecule has 9 nitrogen and oxygen atoms in total. The second-order valence-corrected chi connectivity index (χ2v) is 6.26. The average Bonchev–Trinajstić information content (AvgIpc) is 2.46. The monoisotopic (exact) mass is 348 g/mol. The van der Waals surface area contributed by atoms with Gasteiger partial charge in [0.05, 0.1) is 29.4 Å². The Kier molecular flexibility index (Phi) is 5.95. The summed E-state index contributed by atoms with van der Waals surface area (Å²) in [5.41, 5.74) is 10.2. The molecule has 0 radical (unpaired) electrons. The number of rotatable bonds is 5. The van der Waals surface area contributed by atoms with Gasteiger partial charge >= 0.3 is 12.1 Å². The van der Waals surface area contributed by atoms with Crippen LogP contribution in [0.5, 0.6) is 0 Å². The molecule has 0 saturated heterocycles. The van der Waals surface area contributed by atoms with Gasteiger partial charge in [0.15, 0.2) is 0 Å². The molecule has 25 heavy (non-hydrogen) atoms. The molecule has 0 saturated carbocycles. The molecule has 0 aliphatic rings. The summed E-state index contributed by atoms with van der Waals surface area (Å²) in [5.74, 6) is -2.39. The molecule has 9 heteroatoms. The minimum Gasteiger partial charge on any atom is -0.480 e. The second-order valence-electron chi connectivity index (χ2n) is 6.26. The van der Waals surface area contributed by atoms with E-state index in [1.807, 2.05) is 6.07 Å². The van der Waals surface area contributed by atoms with Crippen molar-refractivity contribution in [3.05, 3.63) is 23.8 Å². The molecule has 134 valence electrons. The minimum absolute atomic E-state index is 0.0422. The number of nitriles is 1. The van der Waals surface area contributed by atoms with Crippen molar-refractivity contribution in [1.82, 2.24) is 0 Å². The lowest BCUT2D eigenvalue weighted by atomic mass is 10.1. The van der Waals surface area contributed by atoms with E-state index in [9.17, 15) is 19.5 Å². The molecule has 0 aromatic heterocycles. The fourth-order valence-corrected chi connectivity index (χ4v) is 2.01. The van der Waals surface area contributed by atoms with Crippen LogP contribution in [0.2, 0.25) is 0 Å². The van der Waals surface area contributed by atoms with E-state index in [1.165, 1.54) is 18.2 Å². The zero-order valence-corrected chi connectivity index (χ0v) is 14.1. The van der Waals surface area contributed by atoms with Crippen LogP contribution in [0, 0.1) is 11.3 Å². The maximum absolute atomic E-state index is 12.6. The number of aliphatic carboxylic acids is 1. The van der Waals surface area contributed by atoms with E-state index in [-0.39, 0.29) is 16.9 Å².